The van der Waals surface area contributed by atoms with Gasteiger partial charge in [-0.15, -0.1) is 0 Å². The van der Waals surface area contributed by atoms with E-state index in [4.69, 9.17) is 10.8 Å². The maximum atomic E-state index is 14.0. The summed E-state index contributed by atoms with van der Waals surface area (Å²) in [4.78, 5) is 27.8. The summed E-state index contributed by atoms with van der Waals surface area (Å²) < 4.78 is 56.2. The van der Waals surface area contributed by atoms with Gasteiger partial charge in [-0.05, 0) is 11.6 Å². The number of carbonyl (C=O) groups is 1. The molecular weight excluding hydrogens is 568 g/mol. The number of pyridine rings is 1. The molecule has 1 saturated heterocycles. The highest BCUT2D eigenvalue weighted by atomic mass is 32.2. The van der Waals surface area contributed by atoms with E-state index in [9.17, 15) is 31.9 Å². The summed E-state index contributed by atoms with van der Waals surface area (Å²) in [6.07, 6.45) is 1.42. The predicted octanol–water partition coefficient (Wildman–Crippen LogP) is 1.36. The van der Waals surface area contributed by atoms with E-state index >= 15 is 0 Å². The molecule has 40 heavy (non-hydrogen) atoms. The summed E-state index contributed by atoms with van der Waals surface area (Å²) >= 11 is 0.559. The Hall–Kier alpha value is -3.34. The Bertz CT molecular complexity index is 1570. The van der Waals surface area contributed by atoms with Crippen molar-refractivity contribution >= 4 is 38.0 Å². The number of amides is 1. The summed E-state index contributed by atoms with van der Waals surface area (Å²) in [7, 11) is 2.34. The minimum Gasteiger partial charge on any atom is -0.502 e. The van der Waals surface area contributed by atoms with Crippen LogP contribution in [0.1, 0.15) is 34.5 Å². The number of thioether (sulfide) groups is 1. The Labute approximate surface area is 233 Å². The lowest BCUT2D eigenvalue weighted by Crippen LogP contribution is -2.71. The second-order valence-corrected chi connectivity index (χ2v) is 13.0. The van der Waals surface area contributed by atoms with E-state index in [1.54, 1.807) is 12.1 Å². The molecule has 16 heteroatoms. The van der Waals surface area contributed by atoms with Crippen molar-refractivity contribution in [2.24, 2.45) is 0 Å². The number of halogens is 2. The number of nitrogens with zero attached hydrogens (tertiary/aromatic N) is 5. The van der Waals surface area contributed by atoms with Gasteiger partial charge in [0.15, 0.2) is 11.4 Å². The van der Waals surface area contributed by atoms with E-state index in [1.165, 1.54) is 47.3 Å². The quantitative estimate of drug-likeness (QED) is 0.347. The zero-order chi connectivity index (χ0) is 29.7. The van der Waals surface area contributed by atoms with Crippen LogP contribution in [0.25, 0.3) is 0 Å². The Morgan fingerprint density at radius 3 is 2.35 bits per heavy atom. The van der Waals surface area contributed by atoms with Gasteiger partial charge in [-0.3, -0.25) is 30.1 Å². The van der Waals surface area contributed by atoms with Crippen LogP contribution in [-0.2, 0) is 16.6 Å². The standard InChI is InChI=1S/C24H29F2N7O5S2/c1-29(2)40(37,38)32-9-7-24(8-10-32)30(3)23(36)19-21(35)20(34)16(13-33(19)31(24)4)22(28)39-18(27)11-14-5-6-15(25)12-17(14)26/h5-6,12-13,27-28,35H,7-11H2,1-4H3. The van der Waals surface area contributed by atoms with Crippen molar-refractivity contribution in [1.29, 1.82) is 10.8 Å². The fraction of sp³-hybridized carbons (Fsp3) is 0.417. The number of hydrogen-bond acceptors (Lipinski definition) is 9. The zero-order valence-electron chi connectivity index (χ0n) is 22.2. The number of aromatic hydroxyl groups is 1. The second-order valence-electron chi connectivity index (χ2n) is 9.74. The second kappa shape index (κ2) is 10.6. The van der Waals surface area contributed by atoms with Gasteiger partial charge in [0.25, 0.3) is 16.1 Å². The van der Waals surface area contributed by atoms with Gasteiger partial charge in [0.1, 0.15) is 22.3 Å². The number of carbonyl (C=O) groups excluding carboxylic acids is 1. The summed E-state index contributed by atoms with van der Waals surface area (Å²) in [5.41, 5.74) is -2.54. The first-order valence-electron chi connectivity index (χ1n) is 12.1. The largest absolute Gasteiger partial charge is 0.502 e. The maximum absolute atomic E-state index is 14.0. The number of nitrogens with one attached hydrogen (secondary N) is 2. The van der Waals surface area contributed by atoms with Gasteiger partial charge >= 0.3 is 0 Å². The van der Waals surface area contributed by atoms with E-state index in [2.05, 4.69) is 0 Å². The zero-order valence-corrected chi connectivity index (χ0v) is 23.9. The van der Waals surface area contributed by atoms with Gasteiger partial charge in [0.2, 0.25) is 5.43 Å². The van der Waals surface area contributed by atoms with E-state index in [1.807, 2.05) is 0 Å². The van der Waals surface area contributed by atoms with Crippen LogP contribution in [-0.4, -0.2) is 94.6 Å². The van der Waals surface area contributed by atoms with Gasteiger partial charge in [0, 0.05) is 72.8 Å². The molecule has 1 fully saturated rings. The van der Waals surface area contributed by atoms with E-state index in [0.29, 0.717) is 17.8 Å². The Morgan fingerprint density at radius 2 is 1.77 bits per heavy atom. The predicted molar refractivity (Wildman–Crippen MR) is 147 cm³/mol. The molecule has 1 aromatic heterocycles. The third kappa shape index (κ3) is 4.88. The van der Waals surface area contributed by atoms with Crippen LogP contribution in [0.15, 0.2) is 29.2 Å². The number of hydrogen-bond donors (Lipinski definition) is 3. The normalized spacial score (nSPS) is 17.4. The average molecular weight is 598 g/mol. The first kappa shape index (κ1) is 29.6. The maximum Gasteiger partial charge on any atom is 0.281 e. The lowest BCUT2D eigenvalue weighted by Gasteiger charge is -2.55. The molecule has 1 amide bonds. The minimum absolute atomic E-state index is 0.0367. The van der Waals surface area contributed by atoms with Gasteiger partial charge in [0.05, 0.1) is 10.6 Å². The third-order valence-electron chi connectivity index (χ3n) is 7.37. The number of benzene rings is 1. The molecule has 2 aliphatic rings. The van der Waals surface area contributed by atoms with Crippen molar-refractivity contribution < 1.29 is 27.1 Å². The molecule has 216 valence electrons. The van der Waals surface area contributed by atoms with Crippen LogP contribution >= 0.6 is 11.8 Å². The SMILES string of the molecule is CN1C(=O)c2c(O)c(=O)c(C(=N)SC(=N)Cc3ccc(F)cc3F)cn2N(C)C12CCN(S(=O)(=O)N(C)C)CC2. The molecule has 0 radical (unpaired) electrons. The molecule has 3 N–H and O–H groups in total. The highest BCUT2D eigenvalue weighted by Crippen LogP contribution is 2.37. The summed E-state index contributed by atoms with van der Waals surface area (Å²) in [6, 6.07) is 2.93. The Morgan fingerprint density at radius 1 is 1.15 bits per heavy atom. The highest BCUT2D eigenvalue weighted by Gasteiger charge is 2.51. The molecule has 3 heterocycles. The van der Waals surface area contributed by atoms with Crippen LogP contribution in [0.5, 0.6) is 5.75 Å². The Kier molecular flexibility index (Phi) is 7.83. The van der Waals surface area contributed by atoms with Gasteiger partial charge in [-0.25, -0.2) is 8.78 Å². The summed E-state index contributed by atoms with van der Waals surface area (Å²) in [6.45, 7) is 0.221. The van der Waals surface area contributed by atoms with Crippen LogP contribution in [0.4, 0.5) is 8.78 Å². The first-order chi connectivity index (χ1) is 18.6. The molecule has 0 bridgehead atoms. The van der Waals surface area contributed by atoms with E-state index < -0.39 is 49.6 Å². The summed E-state index contributed by atoms with van der Waals surface area (Å²) in [5.74, 6) is -3.13. The van der Waals surface area contributed by atoms with Crippen molar-refractivity contribution in [2.75, 3.05) is 46.3 Å². The van der Waals surface area contributed by atoms with Crippen LogP contribution in [0, 0.1) is 22.5 Å². The van der Waals surface area contributed by atoms with Crippen molar-refractivity contribution in [1.82, 2.24) is 18.2 Å². The molecule has 1 aromatic carbocycles. The smallest absolute Gasteiger partial charge is 0.281 e. The van der Waals surface area contributed by atoms with Crippen LogP contribution < -0.4 is 10.4 Å². The number of fused-ring (bicyclic) bond motifs is 1. The molecule has 12 nitrogen and oxygen atoms in total. The van der Waals surface area contributed by atoms with Crippen LogP contribution in [0.3, 0.4) is 0 Å². The number of rotatable bonds is 5. The van der Waals surface area contributed by atoms with Gasteiger partial charge < -0.3 is 10.0 Å². The lowest BCUT2D eigenvalue weighted by molar-refractivity contribution is 0.0189. The highest BCUT2D eigenvalue weighted by molar-refractivity contribution is 8.26. The lowest BCUT2D eigenvalue weighted by atomic mass is 9.93. The topological polar surface area (TPSA) is 154 Å². The van der Waals surface area contributed by atoms with Crippen molar-refractivity contribution in [2.45, 2.75) is 24.9 Å². The molecule has 4 rings (SSSR count). The van der Waals surface area contributed by atoms with Crippen molar-refractivity contribution in [3.05, 3.63) is 63.1 Å². The van der Waals surface area contributed by atoms with Crippen molar-refractivity contribution in [3.8, 4) is 5.75 Å². The minimum atomic E-state index is -3.67. The van der Waals surface area contributed by atoms with Gasteiger partial charge in [-0.1, -0.05) is 17.8 Å². The average Bonchev–Trinajstić information content (AvgIpc) is 2.89. The number of piperidine rings is 1. The van der Waals surface area contributed by atoms with Crippen molar-refractivity contribution in [3.63, 3.8) is 0 Å². The molecule has 2 aromatic rings. The monoisotopic (exact) mass is 597 g/mol. The molecule has 1 spiro atoms. The molecule has 0 atom stereocenters. The molecule has 0 aliphatic carbocycles. The van der Waals surface area contributed by atoms with E-state index in [-0.39, 0.29) is 54.2 Å². The van der Waals surface area contributed by atoms with Crippen LogP contribution in [0.2, 0.25) is 0 Å². The third-order valence-corrected chi connectivity index (χ3v) is 10.1. The molecule has 0 unspecified atom stereocenters. The Balaban J connectivity index is 1.64. The first-order valence-corrected chi connectivity index (χ1v) is 14.3. The van der Waals surface area contributed by atoms with Gasteiger partial charge in [-0.2, -0.15) is 17.0 Å². The molecular formula is C24H29F2N7O5S2. The fourth-order valence-electron chi connectivity index (χ4n) is 4.97. The van der Waals surface area contributed by atoms with E-state index in [0.717, 1.165) is 10.4 Å². The summed E-state index contributed by atoms with van der Waals surface area (Å²) in [5, 5.41) is 28.4. The fourth-order valence-corrected chi connectivity index (χ4v) is 6.80. The molecule has 2 aliphatic heterocycles. The molecule has 0 saturated carbocycles. The number of aromatic nitrogens is 1.